The van der Waals surface area contributed by atoms with Crippen molar-refractivity contribution in [1.29, 1.82) is 0 Å². The van der Waals surface area contributed by atoms with E-state index in [0.717, 1.165) is 16.6 Å². The van der Waals surface area contributed by atoms with E-state index in [0.29, 0.717) is 5.82 Å². The Kier molecular flexibility index (Phi) is 1.68. The normalized spacial score (nSPS) is 10.7. The zero-order valence-corrected chi connectivity index (χ0v) is 7.75. The molecule has 0 spiro atoms. The third-order valence-electron chi connectivity index (χ3n) is 2.13. The maximum absolute atomic E-state index is 4.35. The Morgan fingerprint density at radius 1 is 1.07 bits per heavy atom. The van der Waals surface area contributed by atoms with Gasteiger partial charge in [0.15, 0.2) is 11.5 Å². The molecule has 3 rings (SSSR count). The molecule has 0 aromatic carbocycles. The monoisotopic (exact) mass is 197 g/mol. The smallest absolute Gasteiger partial charge is 0.161 e. The predicted octanol–water partition coefficient (Wildman–Crippen LogP) is 1.41. The lowest BCUT2D eigenvalue weighted by Crippen LogP contribution is -1.88. The van der Waals surface area contributed by atoms with Gasteiger partial charge in [-0.1, -0.05) is 0 Å². The third kappa shape index (κ3) is 1.34. The summed E-state index contributed by atoms with van der Waals surface area (Å²) in [5, 5.41) is 7.62. The molecule has 72 valence electrons. The van der Waals surface area contributed by atoms with E-state index in [4.69, 9.17) is 0 Å². The first-order valence-corrected chi connectivity index (χ1v) is 4.50. The number of fused-ring (bicyclic) bond motifs is 1. The Morgan fingerprint density at radius 2 is 1.93 bits per heavy atom. The van der Waals surface area contributed by atoms with Gasteiger partial charge in [-0.25, -0.2) is 9.97 Å². The Balaban J connectivity index is 2.19. The van der Waals surface area contributed by atoms with Gasteiger partial charge in [-0.15, -0.1) is 0 Å². The highest BCUT2D eigenvalue weighted by Crippen LogP contribution is 2.15. The fraction of sp³-hybridized carbons (Fsp3) is 0. The summed E-state index contributed by atoms with van der Waals surface area (Å²) < 4.78 is 0. The minimum absolute atomic E-state index is 0.675. The molecular weight excluding hydrogens is 190 g/mol. The molecule has 3 aromatic rings. The number of nitrogens with one attached hydrogen (secondary N) is 1. The van der Waals surface area contributed by atoms with Crippen molar-refractivity contribution in [3.63, 3.8) is 0 Å². The molecule has 5 nitrogen and oxygen atoms in total. The summed E-state index contributed by atoms with van der Waals surface area (Å²) in [6.45, 7) is 0. The van der Waals surface area contributed by atoms with E-state index >= 15 is 0 Å². The highest BCUT2D eigenvalue weighted by atomic mass is 15.1. The topological polar surface area (TPSA) is 67.3 Å². The van der Waals surface area contributed by atoms with Crippen LogP contribution in [0.25, 0.3) is 22.4 Å². The van der Waals surface area contributed by atoms with Crippen molar-refractivity contribution in [3.8, 4) is 11.4 Å². The molecule has 0 bridgehead atoms. The minimum Gasteiger partial charge on any atom is -0.265 e. The maximum atomic E-state index is 4.35. The highest BCUT2D eigenvalue weighted by molar-refractivity contribution is 5.74. The zero-order valence-electron chi connectivity index (χ0n) is 7.75. The molecule has 1 N–H and O–H groups in total. The second-order valence-electron chi connectivity index (χ2n) is 3.10. The maximum Gasteiger partial charge on any atom is 0.161 e. The van der Waals surface area contributed by atoms with Gasteiger partial charge in [0.25, 0.3) is 0 Å². The molecular formula is C10H7N5. The molecule has 0 radical (unpaired) electrons. The van der Waals surface area contributed by atoms with Gasteiger partial charge in [0, 0.05) is 24.2 Å². The fourth-order valence-corrected chi connectivity index (χ4v) is 1.38. The Labute approximate surface area is 85.2 Å². The number of rotatable bonds is 1. The number of aromatic nitrogens is 5. The minimum atomic E-state index is 0.675. The van der Waals surface area contributed by atoms with Crippen LogP contribution in [-0.4, -0.2) is 25.1 Å². The van der Waals surface area contributed by atoms with Crippen LogP contribution < -0.4 is 0 Å². The number of H-pyrrole nitrogens is 1. The summed E-state index contributed by atoms with van der Waals surface area (Å²) in [7, 11) is 0. The zero-order chi connectivity index (χ0) is 10.1. The molecule has 0 aliphatic rings. The van der Waals surface area contributed by atoms with E-state index in [9.17, 15) is 0 Å². The molecule has 0 saturated heterocycles. The summed E-state index contributed by atoms with van der Waals surface area (Å²) in [5.74, 6) is 0.675. The van der Waals surface area contributed by atoms with E-state index in [1.165, 1.54) is 0 Å². The second-order valence-corrected chi connectivity index (χ2v) is 3.10. The standard InChI is InChI=1S/C10H7N5/c1-3-11-4-2-7(1)9-12-5-8-6-13-15-10(8)14-9/h1-6H,(H,12,13,14,15). The molecule has 0 aliphatic heterocycles. The van der Waals surface area contributed by atoms with Gasteiger partial charge in [0.2, 0.25) is 0 Å². The van der Waals surface area contributed by atoms with Crippen LogP contribution in [0.2, 0.25) is 0 Å². The highest BCUT2D eigenvalue weighted by Gasteiger charge is 2.02. The largest absolute Gasteiger partial charge is 0.265 e. The van der Waals surface area contributed by atoms with Gasteiger partial charge in [0.05, 0.1) is 11.6 Å². The fourth-order valence-electron chi connectivity index (χ4n) is 1.38. The molecule has 0 fully saturated rings. The molecule has 3 heterocycles. The van der Waals surface area contributed by atoms with Crippen LogP contribution in [0.15, 0.2) is 36.9 Å². The summed E-state index contributed by atoms with van der Waals surface area (Å²) in [6.07, 6.45) is 6.89. The SMILES string of the molecule is c1cc(-c2ncc3cn[nH]c3n2)ccn1. The number of aromatic amines is 1. The van der Waals surface area contributed by atoms with Gasteiger partial charge < -0.3 is 0 Å². The number of hydrogen-bond acceptors (Lipinski definition) is 4. The lowest BCUT2D eigenvalue weighted by Gasteiger charge is -1.97. The van der Waals surface area contributed by atoms with Crippen LogP contribution in [0.3, 0.4) is 0 Å². The van der Waals surface area contributed by atoms with Gasteiger partial charge in [-0.3, -0.25) is 10.1 Å². The Hall–Kier alpha value is -2.30. The Bertz CT molecular complexity index is 587. The summed E-state index contributed by atoms with van der Waals surface area (Å²) in [6, 6.07) is 3.75. The first-order chi connectivity index (χ1) is 7.43. The van der Waals surface area contributed by atoms with Crippen molar-refractivity contribution >= 4 is 11.0 Å². The number of nitrogens with zero attached hydrogens (tertiary/aromatic N) is 4. The lowest BCUT2D eigenvalue weighted by atomic mass is 10.2. The Morgan fingerprint density at radius 3 is 2.80 bits per heavy atom. The summed E-state index contributed by atoms with van der Waals surface area (Å²) >= 11 is 0. The van der Waals surface area contributed by atoms with Crippen LogP contribution in [0.5, 0.6) is 0 Å². The van der Waals surface area contributed by atoms with E-state index in [1.807, 2.05) is 12.1 Å². The van der Waals surface area contributed by atoms with E-state index in [2.05, 4.69) is 25.1 Å². The molecule has 0 aliphatic carbocycles. The molecule has 3 aromatic heterocycles. The number of pyridine rings is 1. The summed E-state index contributed by atoms with van der Waals surface area (Å²) in [5.41, 5.74) is 1.69. The lowest BCUT2D eigenvalue weighted by molar-refractivity contribution is 1.09. The van der Waals surface area contributed by atoms with Gasteiger partial charge in [-0.05, 0) is 12.1 Å². The van der Waals surface area contributed by atoms with E-state index in [1.54, 1.807) is 24.8 Å². The second kappa shape index (κ2) is 3.13. The quantitative estimate of drug-likeness (QED) is 0.640. The average Bonchev–Trinajstić information content (AvgIpc) is 2.77. The molecule has 0 saturated carbocycles. The van der Waals surface area contributed by atoms with Crippen LogP contribution in [0, 0.1) is 0 Å². The van der Waals surface area contributed by atoms with Crippen LogP contribution >= 0.6 is 0 Å². The number of hydrogen-bond donors (Lipinski definition) is 1. The molecule has 0 unspecified atom stereocenters. The van der Waals surface area contributed by atoms with Gasteiger partial charge in [-0.2, -0.15) is 5.10 Å². The van der Waals surface area contributed by atoms with Crippen LogP contribution in [0.4, 0.5) is 0 Å². The van der Waals surface area contributed by atoms with Gasteiger partial charge in [0.1, 0.15) is 0 Å². The van der Waals surface area contributed by atoms with Crippen molar-refractivity contribution in [3.05, 3.63) is 36.9 Å². The van der Waals surface area contributed by atoms with Crippen molar-refractivity contribution in [2.75, 3.05) is 0 Å². The van der Waals surface area contributed by atoms with Crippen molar-refractivity contribution < 1.29 is 0 Å². The summed E-state index contributed by atoms with van der Waals surface area (Å²) in [4.78, 5) is 12.5. The van der Waals surface area contributed by atoms with Crippen LogP contribution in [0.1, 0.15) is 0 Å². The molecule has 0 amide bonds. The van der Waals surface area contributed by atoms with Gasteiger partial charge >= 0.3 is 0 Å². The van der Waals surface area contributed by atoms with Crippen molar-refractivity contribution in [2.24, 2.45) is 0 Å². The first kappa shape index (κ1) is 8.05. The molecule has 5 heteroatoms. The van der Waals surface area contributed by atoms with Crippen molar-refractivity contribution in [1.82, 2.24) is 25.1 Å². The predicted molar refractivity (Wildman–Crippen MR) is 54.9 cm³/mol. The van der Waals surface area contributed by atoms with Crippen molar-refractivity contribution in [2.45, 2.75) is 0 Å². The van der Waals surface area contributed by atoms with E-state index < -0.39 is 0 Å². The third-order valence-corrected chi connectivity index (χ3v) is 2.13. The molecule has 0 atom stereocenters. The van der Waals surface area contributed by atoms with Crippen LogP contribution in [-0.2, 0) is 0 Å². The van der Waals surface area contributed by atoms with E-state index in [-0.39, 0.29) is 0 Å². The molecule has 15 heavy (non-hydrogen) atoms. The first-order valence-electron chi connectivity index (χ1n) is 4.50. The average molecular weight is 197 g/mol.